The molecule has 0 saturated carbocycles. The molecule has 1 N–H and O–H groups in total. The molecule has 0 spiro atoms. The van der Waals surface area contributed by atoms with Crippen LogP contribution in [-0.4, -0.2) is 46.5 Å². The van der Waals surface area contributed by atoms with E-state index in [1.54, 1.807) is 0 Å². The topological polar surface area (TPSA) is 83.9 Å². The number of nitrogens with zero attached hydrogens (tertiary/aromatic N) is 1. The number of carbonyl (C=O) groups excluding carboxylic acids is 2. The van der Waals surface area contributed by atoms with Crippen molar-refractivity contribution in [3.63, 3.8) is 0 Å². The van der Waals surface area contributed by atoms with Gasteiger partial charge in [-0.2, -0.15) is 0 Å². The number of hydrogen-bond acceptors (Lipinski definition) is 4. The zero-order valence-corrected chi connectivity index (χ0v) is 8.46. The van der Waals surface area contributed by atoms with Crippen molar-refractivity contribution in [2.75, 3.05) is 6.54 Å². The zero-order valence-electron chi connectivity index (χ0n) is 8.46. The molecule has 4 atom stereocenters. The van der Waals surface area contributed by atoms with Crippen molar-refractivity contribution in [3.8, 4) is 0 Å². The molecule has 3 saturated heterocycles. The Morgan fingerprint density at radius 1 is 1.25 bits per heavy atom. The first-order valence-corrected chi connectivity index (χ1v) is 5.32. The summed E-state index contributed by atoms with van der Waals surface area (Å²) in [6, 6.07) is 0. The molecule has 3 heterocycles. The lowest BCUT2D eigenvalue weighted by Gasteiger charge is -2.15. The molecule has 0 aromatic carbocycles. The molecule has 2 bridgehead atoms. The second-order valence-electron chi connectivity index (χ2n) is 4.50. The summed E-state index contributed by atoms with van der Waals surface area (Å²) in [6.45, 7) is -0.524. The van der Waals surface area contributed by atoms with Gasteiger partial charge < -0.3 is 9.84 Å². The SMILES string of the molecule is O=C(O)CN1C(=O)C2C3CCC(O3)C2C1=O. The summed E-state index contributed by atoms with van der Waals surface area (Å²) >= 11 is 0. The van der Waals surface area contributed by atoms with Gasteiger partial charge >= 0.3 is 5.97 Å². The van der Waals surface area contributed by atoms with E-state index in [1.165, 1.54) is 0 Å². The fourth-order valence-corrected chi connectivity index (χ4v) is 3.06. The normalized spacial score (nSPS) is 40.6. The number of carboxylic acid groups (broad SMARTS) is 1. The molecule has 3 aliphatic heterocycles. The van der Waals surface area contributed by atoms with Crippen molar-refractivity contribution < 1.29 is 24.2 Å². The first kappa shape index (κ1) is 9.77. The van der Waals surface area contributed by atoms with Gasteiger partial charge in [-0.05, 0) is 12.8 Å². The molecule has 16 heavy (non-hydrogen) atoms. The Morgan fingerprint density at radius 3 is 2.19 bits per heavy atom. The number of amides is 2. The molecule has 0 aliphatic carbocycles. The van der Waals surface area contributed by atoms with E-state index in [0.29, 0.717) is 0 Å². The van der Waals surface area contributed by atoms with Crippen molar-refractivity contribution in [1.29, 1.82) is 0 Å². The molecule has 0 aromatic heterocycles. The minimum atomic E-state index is -1.16. The molecular weight excluding hydrogens is 214 g/mol. The second kappa shape index (κ2) is 3.04. The monoisotopic (exact) mass is 225 g/mol. The average Bonchev–Trinajstić information content (AvgIpc) is 2.87. The Labute approximate surface area is 91.2 Å². The van der Waals surface area contributed by atoms with E-state index < -0.39 is 24.3 Å². The van der Waals surface area contributed by atoms with E-state index in [2.05, 4.69) is 0 Å². The third-order valence-corrected chi connectivity index (χ3v) is 3.67. The predicted molar refractivity (Wildman–Crippen MR) is 49.2 cm³/mol. The molecule has 0 radical (unpaired) electrons. The number of fused-ring (bicyclic) bond motifs is 5. The summed E-state index contributed by atoms with van der Waals surface area (Å²) in [5, 5.41) is 8.64. The van der Waals surface area contributed by atoms with Gasteiger partial charge in [0.2, 0.25) is 11.8 Å². The summed E-state index contributed by atoms with van der Waals surface area (Å²) in [4.78, 5) is 35.2. The van der Waals surface area contributed by atoms with Gasteiger partial charge in [0.15, 0.2) is 0 Å². The largest absolute Gasteiger partial charge is 0.480 e. The summed E-state index contributed by atoms with van der Waals surface area (Å²) in [7, 11) is 0. The standard InChI is InChI=1S/C10H11NO5/c12-6(13)3-11-9(14)7-4-1-2-5(16-4)8(7)10(11)15/h4-5,7-8H,1-3H2,(H,12,13). The lowest BCUT2D eigenvalue weighted by Crippen LogP contribution is -2.38. The second-order valence-corrected chi connectivity index (χ2v) is 4.50. The molecule has 0 aromatic rings. The predicted octanol–water partition coefficient (Wildman–Crippen LogP) is -0.767. The number of likely N-dealkylation sites (tertiary alicyclic amines) is 1. The molecule has 3 rings (SSSR count). The maximum atomic E-state index is 11.9. The molecule has 86 valence electrons. The van der Waals surface area contributed by atoms with Gasteiger partial charge in [-0.3, -0.25) is 19.3 Å². The number of aliphatic carboxylic acids is 1. The van der Waals surface area contributed by atoms with E-state index >= 15 is 0 Å². The van der Waals surface area contributed by atoms with Crippen molar-refractivity contribution >= 4 is 17.8 Å². The lowest BCUT2D eigenvalue weighted by atomic mass is 9.81. The van der Waals surface area contributed by atoms with Gasteiger partial charge in [0.05, 0.1) is 24.0 Å². The molecular formula is C10H11NO5. The maximum absolute atomic E-state index is 11.9. The van der Waals surface area contributed by atoms with Crippen LogP contribution in [0.5, 0.6) is 0 Å². The number of rotatable bonds is 2. The number of imide groups is 1. The molecule has 2 amide bonds. The van der Waals surface area contributed by atoms with Crippen molar-refractivity contribution in [2.24, 2.45) is 11.8 Å². The van der Waals surface area contributed by atoms with Gasteiger partial charge in [0.25, 0.3) is 0 Å². The Morgan fingerprint density at radius 2 is 1.75 bits per heavy atom. The first-order valence-electron chi connectivity index (χ1n) is 5.32. The highest BCUT2D eigenvalue weighted by atomic mass is 16.5. The van der Waals surface area contributed by atoms with Crippen LogP contribution in [0.4, 0.5) is 0 Å². The summed E-state index contributed by atoms with van der Waals surface area (Å²) < 4.78 is 5.52. The summed E-state index contributed by atoms with van der Waals surface area (Å²) in [6.07, 6.45) is 1.24. The van der Waals surface area contributed by atoms with Gasteiger partial charge in [-0.15, -0.1) is 0 Å². The molecule has 6 heteroatoms. The van der Waals surface area contributed by atoms with E-state index in [0.717, 1.165) is 17.7 Å². The van der Waals surface area contributed by atoms with Crippen LogP contribution in [0, 0.1) is 11.8 Å². The third kappa shape index (κ3) is 1.07. The van der Waals surface area contributed by atoms with Gasteiger partial charge in [-0.25, -0.2) is 0 Å². The Hall–Kier alpha value is -1.43. The van der Waals surface area contributed by atoms with Crippen LogP contribution in [0.2, 0.25) is 0 Å². The average molecular weight is 225 g/mol. The number of carbonyl (C=O) groups is 3. The maximum Gasteiger partial charge on any atom is 0.323 e. The number of ether oxygens (including phenoxy) is 1. The number of hydrogen-bond donors (Lipinski definition) is 1. The minimum absolute atomic E-state index is 0.176. The van der Waals surface area contributed by atoms with E-state index in [4.69, 9.17) is 9.84 Å². The Kier molecular flexibility index (Phi) is 1.85. The highest BCUT2D eigenvalue weighted by molar-refractivity contribution is 6.07. The fourth-order valence-electron chi connectivity index (χ4n) is 3.06. The third-order valence-electron chi connectivity index (χ3n) is 3.67. The summed E-state index contributed by atoms with van der Waals surface area (Å²) in [5.41, 5.74) is 0. The van der Waals surface area contributed by atoms with E-state index in [1.807, 2.05) is 0 Å². The van der Waals surface area contributed by atoms with Crippen LogP contribution in [0.3, 0.4) is 0 Å². The Bertz CT molecular complexity index is 365. The Balaban J connectivity index is 1.89. The van der Waals surface area contributed by atoms with Crippen LogP contribution < -0.4 is 0 Å². The van der Waals surface area contributed by atoms with Crippen LogP contribution in [0.1, 0.15) is 12.8 Å². The fraction of sp³-hybridized carbons (Fsp3) is 0.700. The van der Waals surface area contributed by atoms with Crippen LogP contribution in [0.15, 0.2) is 0 Å². The lowest BCUT2D eigenvalue weighted by molar-refractivity contribution is -0.151. The van der Waals surface area contributed by atoms with Crippen LogP contribution >= 0.6 is 0 Å². The molecule has 6 nitrogen and oxygen atoms in total. The van der Waals surface area contributed by atoms with Gasteiger partial charge in [0, 0.05) is 0 Å². The van der Waals surface area contributed by atoms with Gasteiger partial charge in [0.1, 0.15) is 6.54 Å². The number of carboxylic acids is 1. The zero-order chi connectivity index (χ0) is 11.4. The first-order chi connectivity index (χ1) is 7.59. The van der Waals surface area contributed by atoms with Crippen LogP contribution in [-0.2, 0) is 19.1 Å². The van der Waals surface area contributed by atoms with Gasteiger partial charge in [-0.1, -0.05) is 0 Å². The minimum Gasteiger partial charge on any atom is -0.480 e. The molecule has 4 unspecified atom stereocenters. The van der Waals surface area contributed by atoms with Crippen molar-refractivity contribution in [2.45, 2.75) is 25.0 Å². The highest BCUT2D eigenvalue weighted by Gasteiger charge is 2.62. The quantitative estimate of drug-likeness (QED) is 0.624. The van der Waals surface area contributed by atoms with Crippen LogP contribution in [0.25, 0.3) is 0 Å². The van der Waals surface area contributed by atoms with Crippen molar-refractivity contribution in [3.05, 3.63) is 0 Å². The molecule has 3 fully saturated rings. The highest BCUT2D eigenvalue weighted by Crippen LogP contribution is 2.48. The van der Waals surface area contributed by atoms with E-state index in [-0.39, 0.29) is 24.0 Å². The smallest absolute Gasteiger partial charge is 0.323 e. The summed E-state index contributed by atoms with van der Waals surface area (Å²) in [5.74, 6) is -2.75. The molecule has 3 aliphatic rings. The van der Waals surface area contributed by atoms with E-state index in [9.17, 15) is 14.4 Å². The van der Waals surface area contributed by atoms with Crippen molar-refractivity contribution in [1.82, 2.24) is 4.90 Å².